The zero-order valence-electron chi connectivity index (χ0n) is 14.7. The van der Waals surface area contributed by atoms with Crippen molar-refractivity contribution in [2.75, 3.05) is 0 Å². The molecule has 28 heavy (non-hydrogen) atoms. The molecule has 7 nitrogen and oxygen atoms in total. The Labute approximate surface area is 169 Å². The molecule has 0 radical (unpaired) electrons. The van der Waals surface area contributed by atoms with Crippen LogP contribution in [-0.4, -0.2) is 20.4 Å². The molecule has 0 saturated heterocycles. The molecule has 1 aliphatic heterocycles. The fourth-order valence-corrected chi connectivity index (χ4v) is 4.13. The van der Waals surface area contributed by atoms with Gasteiger partial charge in [-0.3, -0.25) is 19.7 Å². The summed E-state index contributed by atoms with van der Waals surface area (Å²) >= 11 is 2.49. The molecular weight excluding hydrogens is 400 g/mol. The van der Waals surface area contributed by atoms with Gasteiger partial charge in [-0.15, -0.1) is 0 Å². The van der Waals surface area contributed by atoms with Crippen molar-refractivity contribution in [2.24, 2.45) is 4.99 Å². The van der Waals surface area contributed by atoms with E-state index in [4.69, 9.17) is 4.74 Å². The fourth-order valence-electron chi connectivity index (χ4n) is 2.34. The lowest BCUT2D eigenvalue weighted by Crippen LogP contribution is -2.04. The summed E-state index contributed by atoms with van der Waals surface area (Å²) in [6.45, 7) is 1.16. The highest BCUT2D eigenvalue weighted by molar-refractivity contribution is 8.45. The average molecular weight is 414 g/mol. The molecule has 2 aromatic rings. The van der Waals surface area contributed by atoms with Gasteiger partial charge in [0.2, 0.25) is 10.9 Å². The van der Waals surface area contributed by atoms with E-state index in [1.807, 2.05) is 30.3 Å². The molecule has 0 aromatic heterocycles. The second-order valence-corrected chi connectivity index (χ2v) is 7.83. The van der Waals surface area contributed by atoms with Gasteiger partial charge in [-0.25, -0.2) is 4.99 Å². The zero-order chi connectivity index (χ0) is 20.1. The number of ether oxygens (including phenoxy) is 1. The van der Waals surface area contributed by atoms with Crippen LogP contribution in [0.3, 0.4) is 0 Å². The number of rotatable bonds is 5. The maximum atomic E-state index is 12.2. The Morgan fingerprint density at radius 1 is 1.29 bits per heavy atom. The first-order valence-electron chi connectivity index (χ1n) is 8.08. The Morgan fingerprint density at radius 2 is 2.04 bits per heavy atom. The van der Waals surface area contributed by atoms with Crippen molar-refractivity contribution in [1.29, 1.82) is 0 Å². The van der Waals surface area contributed by atoms with E-state index in [0.29, 0.717) is 15.7 Å². The van der Waals surface area contributed by atoms with Crippen molar-refractivity contribution in [1.82, 2.24) is 0 Å². The smallest absolute Gasteiger partial charge is 0.312 e. The number of carbonyl (C=O) groups is 2. The van der Waals surface area contributed by atoms with Gasteiger partial charge in [0, 0.05) is 18.7 Å². The number of hydrogen-bond donors (Lipinski definition) is 0. The Morgan fingerprint density at radius 3 is 2.71 bits per heavy atom. The monoisotopic (exact) mass is 414 g/mol. The molecule has 1 aliphatic rings. The van der Waals surface area contributed by atoms with E-state index in [2.05, 4.69) is 4.99 Å². The summed E-state index contributed by atoms with van der Waals surface area (Å²) in [6, 6.07) is 13.9. The van der Waals surface area contributed by atoms with Crippen molar-refractivity contribution >= 4 is 50.7 Å². The predicted molar refractivity (Wildman–Crippen MR) is 110 cm³/mol. The fraction of sp³-hybridized carbons (Fsp3) is 0.105. The first kappa shape index (κ1) is 19.8. The summed E-state index contributed by atoms with van der Waals surface area (Å²) in [4.78, 5) is 38.2. The number of benzene rings is 2. The molecular formula is C19H14N2O5S2. The lowest BCUT2D eigenvalue weighted by atomic mass is 10.1. The van der Waals surface area contributed by atoms with E-state index in [-0.39, 0.29) is 22.2 Å². The van der Waals surface area contributed by atoms with Crippen LogP contribution in [0.1, 0.15) is 18.1 Å². The molecule has 2 aromatic carbocycles. The maximum Gasteiger partial charge on any atom is 0.312 e. The van der Waals surface area contributed by atoms with Crippen molar-refractivity contribution in [3.8, 4) is 5.75 Å². The highest BCUT2D eigenvalue weighted by atomic mass is 32.2. The summed E-state index contributed by atoms with van der Waals surface area (Å²) < 4.78 is 5.47. The van der Waals surface area contributed by atoms with Crippen LogP contribution in [-0.2, 0) is 15.3 Å². The van der Waals surface area contributed by atoms with E-state index < -0.39 is 10.9 Å². The number of hydrogen-bond acceptors (Lipinski definition) is 8. The topological polar surface area (TPSA) is 98.9 Å². The highest BCUT2D eigenvalue weighted by Gasteiger charge is 2.23. The second kappa shape index (κ2) is 8.85. The van der Waals surface area contributed by atoms with E-state index in [9.17, 15) is 19.7 Å². The van der Waals surface area contributed by atoms with Gasteiger partial charge in [-0.2, -0.15) is 0 Å². The molecule has 9 heteroatoms. The van der Waals surface area contributed by atoms with Crippen LogP contribution in [0.25, 0.3) is 6.08 Å². The molecule has 0 amide bonds. The minimum Gasteiger partial charge on any atom is -0.419 e. The van der Waals surface area contributed by atoms with Gasteiger partial charge in [0.1, 0.15) is 10.1 Å². The molecule has 0 fully saturated rings. The number of carbonyl (C=O) groups excluding carboxylic acids is 2. The molecule has 0 N–H and O–H groups in total. The molecule has 142 valence electrons. The highest BCUT2D eigenvalue weighted by Crippen LogP contribution is 2.34. The summed E-state index contributed by atoms with van der Waals surface area (Å²) in [5.74, 6) is -0.105. The number of nitrogens with zero attached hydrogens (tertiary/aromatic N) is 2. The van der Waals surface area contributed by atoms with Crippen molar-refractivity contribution in [2.45, 2.75) is 12.7 Å². The Hall–Kier alpha value is -2.91. The third kappa shape index (κ3) is 5.08. The van der Waals surface area contributed by atoms with E-state index in [1.165, 1.54) is 36.0 Å². The standard InChI is InChI=1S/C19H14N2O5S2/c1-12(22)26-17-8-7-14(10-16(17)21(24)25)9-15-18(23)28-19(20-15)27-11-13-5-3-2-4-6-13/h2-10H,11H2,1H3. The minimum atomic E-state index is -0.652. The van der Waals surface area contributed by atoms with Gasteiger partial charge in [0.15, 0.2) is 0 Å². The SMILES string of the molecule is CC(=O)Oc1ccc(C=C2N=C(SCc3ccccc3)SC2=O)cc1[N+](=O)[O-]. The normalized spacial score (nSPS) is 14.8. The van der Waals surface area contributed by atoms with Crippen LogP contribution in [0.15, 0.2) is 59.2 Å². The van der Waals surface area contributed by atoms with Gasteiger partial charge in [-0.1, -0.05) is 48.2 Å². The summed E-state index contributed by atoms with van der Waals surface area (Å²) in [7, 11) is 0. The second-order valence-electron chi connectivity index (χ2n) is 5.65. The summed E-state index contributed by atoms with van der Waals surface area (Å²) in [6.07, 6.45) is 1.48. The largest absolute Gasteiger partial charge is 0.419 e. The Kier molecular flexibility index (Phi) is 6.27. The summed E-state index contributed by atoms with van der Waals surface area (Å²) in [5, 5.41) is 11.0. The molecule has 0 atom stereocenters. The van der Waals surface area contributed by atoms with Crippen molar-refractivity contribution < 1.29 is 19.2 Å². The number of nitro groups is 1. The predicted octanol–water partition coefficient (Wildman–Crippen LogP) is 4.42. The molecule has 0 saturated carbocycles. The number of thioether (sulfide) groups is 2. The van der Waals surface area contributed by atoms with E-state index in [1.54, 1.807) is 0 Å². The van der Waals surface area contributed by atoms with Crippen LogP contribution in [0.2, 0.25) is 0 Å². The van der Waals surface area contributed by atoms with Crippen LogP contribution in [0.5, 0.6) is 5.75 Å². The third-order valence-electron chi connectivity index (χ3n) is 3.54. The third-order valence-corrected chi connectivity index (χ3v) is 5.62. The number of nitro benzene ring substituents is 1. The average Bonchev–Trinajstić information content (AvgIpc) is 3.01. The lowest BCUT2D eigenvalue weighted by molar-refractivity contribution is -0.385. The number of esters is 1. The van der Waals surface area contributed by atoms with Crippen molar-refractivity contribution in [3.63, 3.8) is 0 Å². The first-order chi connectivity index (χ1) is 13.4. The van der Waals surface area contributed by atoms with Crippen LogP contribution < -0.4 is 4.74 Å². The maximum absolute atomic E-state index is 12.2. The molecule has 0 unspecified atom stereocenters. The molecule has 3 rings (SSSR count). The van der Waals surface area contributed by atoms with Gasteiger partial charge < -0.3 is 4.74 Å². The van der Waals surface area contributed by atoms with E-state index in [0.717, 1.165) is 24.2 Å². The number of aliphatic imine (C=N–C) groups is 1. The Bertz CT molecular complexity index is 1000. The zero-order valence-corrected chi connectivity index (χ0v) is 16.3. The molecule has 1 heterocycles. The van der Waals surface area contributed by atoms with Crippen LogP contribution >= 0.6 is 23.5 Å². The molecule has 0 aliphatic carbocycles. The quantitative estimate of drug-likeness (QED) is 0.235. The van der Waals surface area contributed by atoms with Crippen LogP contribution in [0, 0.1) is 10.1 Å². The summed E-state index contributed by atoms with van der Waals surface area (Å²) in [5.41, 5.74) is 1.40. The first-order valence-corrected chi connectivity index (χ1v) is 9.89. The minimum absolute atomic E-state index is 0.144. The molecule has 0 spiro atoms. The molecule has 0 bridgehead atoms. The van der Waals surface area contributed by atoms with Gasteiger partial charge in [0.25, 0.3) is 0 Å². The van der Waals surface area contributed by atoms with Gasteiger partial charge in [-0.05, 0) is 35.0 Å². The van der Waals surface area contributed by atoms with E-state index >= 15 is 0 Å². The van der Waals surface area contributed by atoms with Gasteiger partial charge >= 0.3 is 11.7 Å². The van der Waals surface area contributed by atoms with Crippen LogP contribution in [0.4, 0.5) is 5.69 Å². The van der Waals surface area contributed by atoms with Gasteiger partial charge in [0.05, 0.1) is 4.92 Å². The lowest BCUT2D eigenvalue weighted by Gasteiger charge is -2.03. The van der Waals surface area contributed by atoms with Crippen molar-refractivity contribution in [3.05, 3.63) is 75.5 Å². The Balaban J connectivity index is 1.79.